The van der Waals surface area contributed by atoms with Crippen LogP contribution in [0.5, 0.6) is 0 Å². The summed E-state index contributed by atoms with van der Waals surface area (Å²) < 4.78 is 31.1. The number of benzene rings is 1. The second-order valence-corrected chi connectivity index (χ2v) is 13.8. The number of ether oxygens (including phenoxy) is 5. The van der Waals surface area contributed by atoms with Gasteiger partial charge in [-0.3, -0.25) is 4.90 Å². The highest BCUT2D eigenvalue weighted by atomic mass is 16.5. The van der Waals surface area contributed by atoms with E-state index in [0.29, 0.717) is 30.8 Å². The minimum absolute atomic E-state index is 0.00697. The topological polar surface area (TPSA) is 133 Å². The number of nitrogens with two attached hydrogens (primary N) is 1. The summed E-state index contributed by atoms with van der Waals surface area (Å²) in [7, 11) is 6.80. The molecule has 1 aromatic carbocycles. The Morgan fingerprint density at radius 1 is 1.10 bits per heavy atom. The molecule has 0 aromatic heterocycles. The Kier molecular flexibility index (Phi) is 6.62. The predicted octanol–water partition coefficient (Wildman–Crippen LogP) is 1.72. The Morgan fingerprint density at radius 3 is 2.50 bits per heavy atom. The van der Waals surface area contributed by atoms with Crippen molar-refractivity contribution in [2.45, 2.75) is 74.3 Å². The number of esters is 1. The first-order valence-corrected chi connectivity index (χ1v) is 15.5. The first-order chi connectivity index (χ1) is 20.1. The fourth-order valence-corrected chi connectivity index (χ4v) is 12.0. The normalized spacial score (nSPS) is 50.1. The highest BCUT2D eigenvalue weighted by molar-refractivity contribution is 5.95. The summed E-state index contributed by atoms with van der Waals surface area (Å²) in [4.78, 5) is 15.7. The minimum Gasteiger partial charge on any atom is -0.461 e. The second kappa shape index (κ2) is 9.60. The lowest BCUT2D eigenvalue weighted by atomic mass is 9.42. The fraction of sp³-hybridized carbons (Fsp3) is 0.781. The van der Waals surface area contributed by atoms with Gasteiger partial charge in [-0.2, -0.15) is 0 Å². The molecule has 1 heterocycles. The summed E-state index contributed by atoms with van der Waals surface area (Å²) in [6, 6.07) is 6.55. The molecule has 7 bridgehead atoms. The number of nitrogens with zero attached hydrogens (tertiary/aromatic N) is 1. The van der Waals surface area contributed by atoms with Gasteiger partial charge in [-0.05, 0) is 43.9 Å². The largest absolute Gasteiger partial charge is 0.461 e. The molecule has 7 rings (SSSR count). The van der Waals surface area contributed by atoms with E-state index in [-0.39, 0.29) is 48.6 Å². The molecule has 232 valence electrons. The third-order valence-corrected chi connectivity index (χ3v) is 13.0. The molecule has 13 atom stereocenters. The number of para-hydroxylation sites is 1. The molecule has 10 heteroatoms. The number of hydrogen-bond donors (Lipinski definition) is 3. The van der Waals surface area contributed by atoms with E-state index in [4.69, 9.17) is 29.4 Å². The van der Waals surface area contributed by atoms with Crippen LogP contribution < -0.4 is 5.73 Å². The maximum atomic E-state index is 13.4. The quantitative estimate of drug-likeness (QED) is 0.306. The summed E-state index contributed by atoms with van der Waals surface area (Å²) in [5, 5.41) is 26.3. The zero-order valence-corrected chi connectivity index (χ0v) is 25.3. The molecular formula is C32H46N2O8. The van der Waals surface area contributed by atoms with Crippen molar-refractivity contribution in [3.63, 3.8) is 0 Å². The van der Waals surface area contributed by atoms with Gasteiger partial charge in [0.25, 0.3) is 0 Å². The van der Waals surface area contributed by atoms with Gasteiger partial charge in [0.15, 0.2) is 0 Å². The smallest absolute Gasteiger partial charge is 0.340 e. The maximum Gasteiger partial charge on any atom is 0.340 e. The molecular weight excluding hydrogens is 540 g/mol. The van der Waals surface area contributed by atoms with Crippen molar-refractivity contribution in [3.8, 4) is 0 Å². The number of methoxy groups -OCH3 is 4. The second-order valence-electron chi connectivity index (χ2n) is 13.8. The van der Waals surface area contributed by atoms with Crippen LogP contribution in [0.2, 0.25) is 0 Å². The number of piperidine rings is 1. The number of rotatable bonds is 8. The van der Waals surface area contributed by atoms with Crippen LogP contribution in [0, 0.1) is 34.5 Å². The van der Waals surface area contributed by atoms with E-state index in [1.807, 2.05) is 0 Å². The Bertz CT molecular complexity index is 1250. The lowest BCUT2D eigenvalue weighted by Crippen LogP contribution is -2.82. The molecule has 4 N–H and O–H groups in total. The Labute approximate surface area is 247 Å². The first-order valence-electron chi connectivity index (χ1n) is 15.5. The van der Waals surface area contributed by atoms with Crippen molar-refractivity contribution in [2.75, 3.05) is 53.9 Å². The van der Waals surface area contributed by atoms with Gasteiger partial charge in [0.1, 0.15) is 11.2 Å². The highest BCUT2D eigenvalue weighted by Crippen LogP contribution is 2.80. The van der Waals surface area contributed by atoms with Gasteiger partial charge in [0.05, 0.1) is 42.6 Å². The molecule has 42 heavy (non-hydrogen) atoms. The number of aliphatic hydroxyl groups is 2. The van der Waals surface area contributed by atoms with E-state index in [0.717, 1.165) is 19.3 Å². The van der Waals surface area contributed by atoms with Gasteiger partial charge < -0.3 is 39.6 Å². The molecule has 5 saturated carbocycles. The van der Waals surface area contributed by atoms with Crippen LogP contribution in [0.15, 0.2) is 24.3 Å². The van der Waals surface area contributed by atoms with E-state index in [1.165, 1.54) is 0 Å². The lowest BCUT2D eigenvalue weighted by molar-refractivity contribution is -0.320. The molecule has 1 spiro atoms. The van der Waals surface area contributed by atoms with Crippen molar-refractivity contribution in [1.29, 1.82) is 0 Å². The van der Waals surface area contributed by atoms with Gasteiger partial charge in [0.2, 0.25) is 0 Å². The van der Waals surface area contributed by atoms with E-state index in [1.54, 1.807) is 52.7 Å². The molecule has 1 aromatic rings. The lowest BCUT2D eigenvalue weighted by Gasteiger charge is -2.70. The summed E-state index contributed by atoms with van der Waals surface area (Å²) in [6.07, 6.45) is 1.22. The highest BCUT2D eigenvalue weighted by Gasteiger charge is 2.91. The Morgan fingerprint density at radius 2 is 1.86 bits per heavy atom. The SMILES string of the molecule is CCN1C[C@]2(COC(=O)c3ccccc3N)CCC(OC)[C@@]34C5C[C@@H]6[C@@H](OC)C[C@@](O)(C5[C@H]6OC)[C@](O)([C@@H](OC)C23)[C@@H]14. The van der Waals surface area contributed by atoms with Crippen LogP contribution in [0.25, 0.3) is 0 Å². The molecule has 1 saturated heterocycles. The van der Waals surface area contributed by atoms with Crippen LogP contribution in [0.1, 0.15) is 43.0 Å². The average molecular weight is 587 g/mol. The number of hydrogen-bond acceptors (Lipinski definition) is 10. The van der Waals surface area contributed by atoms with Crippen molar-refractivity contribution >= 4 is 11.7 Å². The van der Waals surface area contributed by atoms with Crippen molar-refractivity contribution in [3.05, 3.63) is 29.8 Å². The van der Waals surface area contributed by atoms with Crippen LogP contribution in [0.4, 0.5) is 5.69 Å². The Balaban J connectivity index is 1.41. The summed E-state index contributed by atoms with van der Waals surface area (Å²) >= 11 is 0. The predicted molar refractivity (Wildman–Crippen MR) is 153 cm³/mol. The monoisotopic (exact) mass is 586 g/mol. The number of likely N-dealkylation sites (N-methyl/N-ethyl adjacent to an activating group) is 1. The molecule has 6 fully saturated rings. The maximum absolute atomic E-state index is 13.4. The van der Waals surface area contributed by atoms with E-state index < -0.39 is 40.1 Å². The van der Waals surface area contributed by atoms with Crippen molar-refractivity contribution in [2.24, 2.45) is 34.5 Å². The average Bonchev–Trinajstić information content (AvgIpc) is 3.41. The van der Waals surface area contributed by atoms with Crippen LogP contribution in [0.3, 0.4) is 0 Å². The van der Waals surface area contributed by atoms with Crippen LogP contribution in [-0.4, -0.2) is 111 Å². The number of nitrogen functional groups attached to an aromatic ring is 1. The third-order valence-electron chi connectivity index (χ3n) is 13.0. The zero-order valence-electron chi connectivity index (χ0n) is 25.3. The molecule has 5 aliphatic carbocycles. The molecule has 6 aliphatic rings. The number of carbonyl (C=O) groups is 1. The number of carbonyl (C=O) groups excluding carboxylic acids is 1. The van der Waals surface area contributed by atoms with E-state index >= 15 is 0 Å². The molecule has 1 aliphatic heterocycles. The zero-order chi connectivity index (χ0) is 29.8. The van der Waals surface area contributed by atoms with Crippen molar-refractivity contribution in [1.82, 2.24) is 4.90 Å². The van der Waals surface area contributed by atoms with E-state index in [2.05, 4.69) is 11.8 Å². The van der Waals surface area contributed by atoms with Gasteiger partial charge in [-0.25, -0.2) is 4.79 Å². The first kappa shape index (κ1) is 29.0. The summed E-state index contributed by atoms with van der Waals surface area (Å²) in [5.74, 6) is -0.892. The Hall–Kier alpha value is -1.79. The third kappa shape index (κ3) is 3.12. The minimum atomic E-state index is -1.62. The molecule has 4 unspecified atom stereocenters. The van der Waals surface area contributed by atoms with Gasteiger partial charge in [-0.1, -0.05) is 19.1 Å². The van der Waals surface area contributed by atoms with E-state index in [9.17, 15) is 15.0 Å². The van der Waals surface area contributed by atoms with Gasteiger partial charge in [0, 0.05) is 75.7 Å². The molecule has 0 amide bonds. The number of anilines is 1. The number of fused-ring (bicyclic) bond motifs is 2. The summed E-state index contributed by atoms with van der Waals surface area (Å²) in [6.45, 7) is 3.54. The van der Waals surface area contributed by atoms with Gasteiger partial charge >= 0.3 is 5.97 Å². The fourth-order valence-electron chi connectivity index (χ4n) is 12.0. The van der Waals surface area contributed by atoms with Gasteiger partial charge in [-0.15, -0.1) is 0 Å². The molecule has 0 radical (unpaired) electrons. The van der Waals surface area contributed by atoms with Crippen molar-refractivity contribution < 1.29 is 38.7 Å². The van der Waals surface area contributed by atoms with Crippen LogP contribution >= 0.6 is 0 Å². The number of likely N-dealkylation sites (tertiary alicyclic amines) is 1. The van der Waals surface area contributed by atoms with Crippen LogP contribution in [-0.2, 0) is 23.7 Å². The molecule has 10 nitrogen and oxygen atoms in total. The summed E-state index contributed by atoms with van der Waals surface area (Å²) in [5.41, 5.74) is 2.65. The standard InChI is InChI=1S/C32H46N2O8/c1-6-34-15-29(16-42-27(35)17-9-7-8-10-20(17)33)12-11-22(39-3)31-19-13-18-21(38-2)14-30(36,23(19)24(18)40-4)32(37,28(31)34)26(41-5)25(29)31/h7-10,18-19,21-26,28,36-37H,6,11-16,33H2,1-5H3/t18-,19?,21+,22?,23?,24+,25?,26+,28+,29+,30-,31+,32+/m1/s1.